The first kappa shape index (κ1) is 16.6. The van der Waals surface area contributed by atoms with Crippen molar-refractivity contribution >= 4 is 22.7 Å². The standard InChI is InChI=1S/C22H16FN3O2/c1-13-20-17(22(27)26-11-10-15-4-2-3-5-19(15)26)12-18(24-21(20)28-25-13)14-6-8-16(23)9-7-14/h2-9,12H,10-11H2,1H3. The Morgan fingerprint density at radius 3 is 2.75 bits per heavy atom. The van der Waals surface area contributed by atoms with Crippen LogP contribution in [0.2, 0.25) is 0 Å². The van der Waals surface area contributed by atoms with E-state index in [4.69, 9.17) is 4.52 Å². The van der Waals surface area contributed by atoms with Gasteiger partial charge in [0.25, 0.3) is 11.6 Å². The minimum atomic E-state index is -0.328. The third-order valence-electron chi connectivity index (χ3n) is 5.12. The summed E-state index contributed by atoms with van der Waals surface area (Å²) in [6.45, 7) is 2.41. The van der Waals surface area contributed by atoms with E-state index in [9.17, 15) is 9.18 Å². The van der Waals surface area contributed by atoms with E-state index >= 15 is 0 Å². The van der Waals surface area contributed by atoms with Crippen molar-refractivity contribution in [2.24, 2.45) is 0 Å². The van der Waals surface area contributed by atoms with E-state index in [2.05, 4.69) is 10.1 Å². The van der Waals surface area contributed by atoms with Gasteiger partial charge in [0, 0.05) is 17.8 Å². The van der Waals surface area contributed by atoms with Gasteiger partial charge in [0.1, 0.15) is 5.82 Å². The van der Waals surface area contributed by atoms with E-state index in [-0.39, 0.29) is 11.7 Å². The minimum Gasteiger partial charge on any atom is -0.335 e. The van der Waals surface area contributed by atoms with Crippen LogP contribution < -0.4 is 4.90 Å². The summed E-state index contributed by atoms with van der Waals surface area (Å²) in [5, 5.41) is 4.60. The fourth-order valence-corrected chi connectivity index (χ4v) is 3.73. The van der Waals surface area contributed by atoms with E-state index < -0.39 is 0 Å². The van der Waals surface area contributed by atoms with Crippen molar-refractivity contribution in [3.05, 3.63) is 77.2 Å². The largest absolute Gasteiger partial charge is 0.335 e. The van der Waals surface area contributed by atoms with Crippen LogP contribution in [-0.4, -0.2) is 22.6 Å². The molecule has 2 aromatic carbocycles. The number of aryl methyl sites for hydroxylation is 1. The summed E-state index contributed by atoms with van der Waals surface area (Å²) in [6.07, 6.45) is 0.823. The van der Waals surface area contributed by atoms with Crippen molar-refractivity contribution in [1.29, 1.82) is 0 Å². The van der Waals surface area contributed by atoms with Gasteiger partial charge in [-0.15, -0.1) is 0 Å². The summed E-state index contributed by atoms with van der Waals surface area (Å²) < 4.78 is 18.7. The molecule has 138 valence electrons. The molecule has 4 aromatic rings. The zero-order valence-corrected chi connectivity index (χ0v) is 15.1. The Labute approximate surface area is 160 Å². The van der Waals surface area contributed by atoms with Crippen LogP contribution in [0.4, 0.5) is 10.1 Å². The third kappa shape index (κ3) is 2.57. The van der Waals surface area contributed by atoms with Crippen molar-refractivity contribution < 1.29 is 13.7 Å². The average molecular weight is 373 g/mol. The number of amides is 1. The second-order valence-electron chi connectivity index (χ2n) is 6.85. The lowest BCUT2D eigenvalue weighted by Crippen LogP contribution is -2.29. The molecule has 6 heteroatoms. The van der Waals surface area contributed by atoms with Crippen molar-refractivity contribution in [1.82, 2.24) is 10.1 Å². The van der Waals surface area contributed by atoms with Crippen molar-refractivity contribution in [3.8, 4) is 11.3 Å². The maximum Gasteiger partial charge on any atom is 0.259 e. The Bertz CT molecular complexity index is 1210. The van der Waals surface area contributed by atoms with E-state index in [0.29, 0.717) is 40.2 Å². The normalized spacial score (nSPS) is 13.1. The molecule has 28 heavy (non-hydrogen) atoms. The number of hydrogen-bond acceptors (Lipinski definition) is 4. The molecule has 3 heterocycles. The summed E-state index contributed by atoms with van der Waals surface area (Å²) in [6, 6.07) is 15.6. The van der Waals surface area contributed by atoms with Gasteiger partial charge in [-0.25, -0.2) is 9.37 Å². The van der Waals surface area contributed by atoms with Gasteiger partial charge in [0.05, 0.1) is 22.3 Å². The number of halogens is 1. The number of para-hydroxylation sites is 1. The molecule has 1 aliphatic heterocycles. The van der Waals surface area contributed by atoms with Crippen LogP contribution in [0, 0.1) is 12.7 Å². The Hall–Kier alpha value is -3.54. The monoisotopic (exact) mass is 373 g/mol. The van der Waals surface area contributed by atoms with E-state index in [1.165, 1.54) is 12.1 Å². The number of aromatic nitrogens is 2. The third-order valence-corrected chi connectivity index (χ3v) is 5.12. The number of pyridine rings is 1. The van der Waals surface area contributed by atoms with Crippen LogP contribution in [-0.2, 0) is 6.42 Å². The highest BCUT2D eigenvalue weighted by molar-refractivity contribution is 6.14. The summed E-state index contributed by atoms with van der Waals surface area (Å²) in [5.74, 6) is -0.447. The topological polar surface area (TPSA) is 59.2 Å². The van der Waals surface area contributed by atoms with Crippen LogP contribution in [0.15, 0.2) is 59.1 Å². The van der Waals surface area contributed by atoms with Gasteiger partial charge in [-0.2, -0.15) is 0 Å². The van der Waals surface area contributed by atoms with Crippen LogP contribution in [0.1, 0.15) is 21.6 Å². The smallest absolute Gasteiger partial charge is 0.259 e. The molecule has 0 bridgehead atoms. The fraction of sp³-hybridized carbons (Fsp3) is 0.136. The Morgan fingerprint density at radius 2 is 1.93 bits per heavy atom. The SMILES string of the molecule is Cc1noc2nc(-c3ccc(F)cc3)cc(C(=O)N3CCc4ccccc43)c12. The Balaban J connectivity index is 1.67. The first-order valence-electron chi connectivity index (χ1n) is 9.04. The minimum absolute atomic E-state index is 0.119. The maximum atomic E-state index is 13.5. The lowest BCUT2D eigenvalue weighted by atomic mass is 10.0. The number of anilines is 1. The second kappa shape index (κ2) is 6.27. The van der Waals surface area contributed by atoms with Gasteiger partial charge in [-0.1, -0.05) is 23.4 Å². The van der Waals surface area contributed by atoms with E-state index in [1.54, 1.807) is 30.0 Å². The number of fused-ring (bicyclic) bond motifs is 2. The summed E-state index contributed by atoms with van der Waals surface area (Å²) in [5.41, 5.74) is 4.73. The number of carbonyl (C=O) groups excluding carboxylic acids is 1. The number of carbonyl (C=O) groups is 1. The van der Waals surface area contributed by atoms with Gasteiger partial charge < -0.3 is 9.42 Å². The van der Waals surface area contributed by atoms with Crippen molar-refractivity contribution in [2.75, 3.05) is 11.4 Å². The average Bonchev–Trinajstić information content (AvgIpc) is 3.31. The molecule has 1 amide bonds. The van der Waals surface area contributed by atoms with Gasteiger partial charge in [0.2, 0.25) is 0 Å². The Morgan fingerprint density at radius 1 is 1.14 bits per heavy atom. The molecular weight excluding hydrogens is 357 g/mol. The molecule has 0 saturated carbocycles. The summed E-state index contributed by atoms with van der Waals surface area (Å²) in [7, 11) is 0. The lowest BCUT2D eigenvalue weighted by Gasteiger charge is -2.18. The van der Waals surface area contributed by atoms with Gasteiger partial charge >= 0.3 is 0 Å². The van der Waals surface area contributed by atoms with Crippen molar-refractivity contribution in [3.63, 3.8) is 0 Å². The number of rotatable bonds is 2. The number of nitrogens with zero attached hydrogens (tertiary/aromatic N) is 3. The quantitative estimate of drug-likeness (QED) is 0.518. The zero-order chi connectivity index (χ0) is 19.3. The number of benzene rings is 2. The molecule has 0 saturated heterocycles. The molecule has 2 aromatic heterocycles. The van der Waals surface area contributed by atoms with Gasteiger partial charge in [-0.3, -0.25) is 4.79 Å². The highest BCUT2D eigenvalue weighted by Crippen LogP contribution is 2.33. The zero-order valence-electron chi connectivity index (χ0n) is 15.1. The first-order chi connectivity index (χ1) is 13.6. The van der Waals surface area contributed by atoms with Crippen molar-refractivity contribution in [2.45, 2.75) is 13.3 Å². The molecule has 1 aliphatic rings. The summed E-state index contributed by atoms with van der Waals surface area (Å²) >= 11 is 0. The number of hydrogen-bond donors (Lipinski definition) is 0. The van der Waals surface area contributed by atoms with Gasteiger partial charge in [-0.05, 0) is 55.3 Å². The molecule has 0 unspecified atom stereocenters. The summed E-state index contributed by atoms with van der Waals surface area (Å²) in [4.78, 5) is 19.8. The molecule has 0 N–H and O–H groups in total. The van der Waals surface area contributed by atoms with Crippen LogP contribution in [0.3, 0.4) is 0 Å². The molecule has 5 nitrogen and oxygen atoms in total. The molecule has 0 fully saturated rings. The molecular formula is C22H16FN3O2. The highest BCUT2D eigenvalue weighted by Gasteiger charge is 2.28. The maximum absolute atomic E-state index is 13.5. The van der Waals surface area contributed by atoms with Crippen LogP contribution >= 0.6 is 0 Å². The molecule has 0 spiro atoms. The van der Waals surface area contributed by atoms with E-state index in [1.807, 2.05) is 24.3 Å². The first-order valence-corrected chi connectivity index (χ1v) is 9.04. The Kier molecular flexibility index (Phi) is 3.72. The highest BCUT2D eigenvalue weighted by atomic mass is 19.1. The van der Waals surface area contributed by atoms with E-state index in [0.717, 1.165) is 17.7 Å². The predicted molar refractivity (Wildman–Crippen MR) is 104 cm³/mol. The lowest BCUT2D eigenvalue weighted by molar-refractivity contribution is 0.0991. The van der Waals surface area contributed by atoms with Gasteiger partial charge in [0.15, 0.2) is 0 Å². The molecule has 0 aliphatic carbocycles. The fourth-order valence-electron chi connectivity index (χ4n) is 3.73. The second-order valence-corrected chi connectivity index (χ2v) is 6.85. The molecule has 0 atom stereocenters. The predicted octanol–water partition coefficient (Wildman–Crippen LogP) is 4.54. The van der Waals surface area contributed by atoms with Crippen LogP contribution in [0.25, 0.3) is 22.4 Å². The molecule has 0 radical (unpaired) electrons. The molecule has 5 rings (SSSR count). The van der Waals surface area contributed by atoms with Crippen LogP contribution in [0.5, 0.6) is 0 Å².